The summed E-state index contributed by atoms with van der Waals surface area (Å²) in [6, 6.07) is 14.9. The Labute approximate surface area is 156 Å². The molecule has 1 amide bonds. The van der Waals surface area contributed by atoms with E-state index in [1.54, 1.807) is 23.0 Å². The van der Waals surface area contributed by atoms with Crippen LogP contribution in [-0.2, 0) is 17.8 Å². The molecule has 1 aliphatic rings. The van der Waals surface area contributed by atoms with Crippen LogP contribution in [0.15, 0.2) is 60.9 Å². The van der Waals surface area contributed by atoms with Crippen LogP contribution in [0.4, 0.5) is 5.82 Å². The summed E-state index contributed by atoms with van der Waals surface area (Å²) in [5, 5.41) is 7.19. The van der Waals surface area contributed by atoms with E-state index in [1.165, 1.54) is 0 Å². The maximum atomic E-state index is 12.6. The van der Waals surface area contributed by atoms with Gasteiger partial charge in [0.2, 0.25) is 6.10 Å². The molecule has 7 heteroatoms. The predicted octanol–water partition coefficient (Wildman–Crippen LogP) is 2.69. The highest BCUT2D eigenvalue weighted by molar-refractivity contribution is 5.94. The SMILES string of the molecule is C[C@H]1Oc2ccccc2O[C@@H]1C(=O)Nc1ccn(CCc2ccccn2)n1. The highest BCUT2D eigenvalue weighted by Gasteiger charge is 2.34. The smallest absolute Gasteiger partial charge is 0.270 e. The number of fused-ring (bicyclic) bond motifs is 1. The molecule has 0 saturated carbocycles. The summed E-state index contributed by atoms with van der Waals surface area (Å²) in [4.78, 5) is 16.9. The number of pyridine rings is 1. The van der Waals surface area contributed by atoms with Crippen LogP contribution in [0.3, 0.4) is 0 Å². The number of rotatable bonds is 5. The lowest BCUT2D eigenvalue weighted by atomic mass is 10.1. The van der Waals surface area contributed by atoms with Crippen molar-refractivity contribution in [3.63, 3.8) is 0 Å². The van der Waals surface area contributed by atoms with Gasteiger partial charge in [0.15, 0.2) is 17.3 Å². The molecule has 2 atom stereocenters. The molecule has 0 unspecified atom stereocenters. The topological polar surface area (TPSA) is 78.3 Å². The number of aryl methyl sites for hydroxylation is 2. The fourth-order valence-electron chi connectivity index (χ4n) is 2.93. The molecule has 0 saturated heterocycles. The van der Waals surface area contributed by atoms with Crippen LogP contribution in [0.1, 0.15) is 12.6 Å². The van der Waals surface area contributed by atoms with Crippen LogP contribution in [-0.4, -0.2) is 32.9 Å². The van der Waals surface area contributed by atoms with Crippen molar-refractivity contribution in [2.24, 2.45) is 0 Å². The number of carbonyl (C=O) groups excluding carboxylic acids is 1. The molecular weight excluding hydrogens is 344 g/mol. The normalized spacial score (nSPS) is 18.1. The van der Waals surface area contributed by atoms with Gasteiger partial charge >= 0.3 is 0 Å². The van der Waals surface area contributed by atoms with Crippen LogP contribution >= 0.6 is 0 Å². The molecule has 1 aliphatic heterocycles. The number of benzene rings is 1. The summed E-state index contributed by atoms with van der Waals surface area (Å²) in [5.74, 6) is 1.41. The van der Waals surface area contributed by atoms with E-state index in [0.717, 1.165) is 12.1 Å². The maximum Gasteiger partial charge on any atom is 0.270 e. The number of aromatic nitrogens is 3. The number of para-hydroxylation sites is 2. The Hall–Kier alpha value is -3.35. The minimum absolute atomic E-state index is 0.285. The van der Waals surface area contributed by atoms with Gasteiger partial charge in [-0.2, -0.15) is 5.10 Å². The minimum atomic E-state index is -0.737. The average Bonchev–Trinajstić information content (AvgIpc) is 3.14. The Morgan fingerprint density at radius 1 is 1.11 bits per heavy atom. The Morgan fingerprint density at radius 2 is 1.89 bits per heavy atom. The third-order valence-electron chi connectivity index (χ3n) is 4.32. The molecule has 0 bridgehead atoms. The van der Waals surface area contributed by atoms with Crippen molar-refractivity contribution < 1.29 is 14.3 Å². The monoisotopic (exact) mass is 364 g/mol. The Bertz CT molecular complexity index is 926. The second-order valence-electron chi connectivity index (χ2n) is 6.33. The third kappa shape index (κ3) is 3.92. The van der Waals surface area contributed by atoms with Gasteiger partial charge in [-0.15, -0.1) is 0 Å². The van der Waals surface area contributed by atoms with E-state index in [0.29, 0.717) is 23.9 Å². The number of ether oxygens (including phenoxy) is 2. The first-order valence-corrected chi connectivity index (χ1v) is 8.85. The highest BCUT2D eigenvalue weighted by Crippen LogP contribution is 2.33. The van der Waals surface area contributed by atoms with E-state index in [4.69, 9.17) is 9.47 Å². The zero-order valence-corrected chi connectivity index (χ0v) is 14.9. The first-order valence-electron chi connectivity index (χ1n) is 8.85. The lowest BCUT2D eigenvalue weighted by Gasteiger charge is -2.30. The lowest BCUT2D eigenvalue weighted by molar-refractivity contribution is -0.128. The van der Waals surface area contributed by atoms with Gasteiger partial charge in [-0.1, -0.05) is 18.2 Å². The molecule has 4 rings (SSSR count). The van der Waals surface area contributed by atoms with Crippen LogP contribution in [0, 0.1) is 0 Å². The molecule has 0 spiro atoms. The molecule has 2 aromatic heterocycles. The summed E-state index contributed by atoms with van der Waals surface area (Å²) in [7, 11) is 0. The van der Waals surface area contributed by atoms with Crippen LogP contribution < -0.4 is 14.8 Å². The quantitative estimate of drug-likeness (QED) is 0.753. The zero-order valence-electron chi connectivity index (χ0n) is 14.9. The van der Waals surface area contributed by atoms with Gasteiger partial charge < -0.3 is 14.8 Å². The van der Waals surface area contributed by atoms with E-state index < -0.39 is 12.2 Å². The second kappa shape index (κ2) is 7.49. The number of hydrogen-bond acceptors (Lipinski definition) is 5. The summed E-state index contributed by atoms with van der Waals surface area (Å²) in [6.45, 7) is 2.49. The van der Waals surface area contributed by atoms with Crippen molar-refractivity contribution in [1.29, 1.82) is 0 Å². The Kier molecular flexibility index (Phi) is 4.74. The zero-order chi connectivity index (χ0) is 18.6. The molecule has 3 aromatic rings. The average molecular weight is 364 g/mol. The van der Waals surface area contributed by atoms with Crippen molar-refractivity contribution in [3.05, 3.63) is 66.6 Å². The van der Waals surface area contributed by atoms with Crippen molar-refractivity contribution in [3.8, 4) is 11.5 Å². The van der Waals surface area contributed by atoms with Gasteiger partial charge in [-0.25, -0.2) is 0 Å². The molecular formula is C20H20N4O3. The number of hydrogen-bond donors (Lipinski definition) is 1. The Balaban J connectivity index is 1.37. The standard InChI is InChI=1S/C20H20N4O3/c1-14-19(27-17-8-3-2-7-16(17)26-14)20(25)22-18-10-13-24(23-18)12-9-15-6-4-5-11-21-15/h2-8,10-11,13-14,19H,9,12H2,1H3,(H,22,23,25)/t14-,19+/m1/s1. The molecule has 1 aromatic carbocycles. The molecule has 0 aliphatic carbocycles. The maximum absolute atomic E-state index is 12.6. The van der Waals surface area contributed by atoms with Gasteiger partial charge in [0.1, 0.15) is 6.10 Å². The first kappa shape index (κ1) is 17.1. The molecule has 1 N–H and O–H groups in total. The second-order valence-corrected chi connectivity index (χ2v) is 6.33. The lowest BCUT2D eigenvalue weighted by Crippen LogP contribution is -2.46. The van der Waals surface area contributed by atoms with Gasteiger partial charge in [0, 0.05) is 37.1 Å². The summed E-state index contributed by atoms with van der Waals surface area (Å²) < 4.78 is 13.4. The third-order valence-corrected chi connectivity index (χ3v) is 4.32. The summed E-state index contributed by atoms with van der Waals surface area (Å²) in [6.07, 6.45) is 3.23. The number of anilines is 1. The van der Waals surface area contributed by atoms with E-state index in [1.807, 2.05) is 49.5 Å². The largest absolute Gasteiger partial charge is 0.482 e. The number of nitrogens with zero attached hydrogens (tertiary/aromatic N) is 3. The number of carbonyl (C=O) groups is 1. The summed E-state index contributed by atoms with van der Waals surface area (Å²) in [5.41, 5.74) is 0.999. The van der Waals surface area contributed by atoms with E-state index in [9.17, 15) is 4.79 Å². The van der Waals surface area contributed by atoms with Crippen LogP contribution in [0.2, 0.25) is 0 Å². The van der Waals surface area contributed by atoms with Gasteiger partial charge in [-0.05, 0) is 31.2 Å². The van der Waals surface area contributed by atoms with Crippen LogP contribution in [0.5, 0.6) is 11.5 Å². The summed E-state index contributed by atoms with van der Waals surface area (Å²) >= 11 is 0. The number of nitrogens with one attached hydrogen (secondary N) is 1. The van der Waals surface area contributed by atoms with Crippen molar-refractivity contribution >= 4 is 11.7 Å². The molecule has 0 fully saturated rings. The van der Waals surface area contributed by atoms with Gasteiger partial charge in [-0.3, -0.25) is 14.5 Å². The predicted molar refractivity (Wildman–Crippen MR) is 99.7 cm³/mol. The van der Waals surface area contributed by atoms with Crippen LogP contribution in [0.25, 0.3) is 0 Å². The van der Waals surface area contributed by atoms with E-state index in [-0.39, 0.29) is 5.91 Å². The van der Waals surface area contributed by atoms with Crippen molar-refractivity contribution in [2.75, 3.05) is 5.32 Å². The van der Waals surface area contributed by atoms with E-state index >= 15 is 0 Å². The molecule has 138 valence electrons. The fourth-order valence-corrected chi connectivity index (χ4v) is 2.93. The first-order chi connectivity index (χ1) is 13.2. The highest BCUT2D eigenvalue weighted by atomic mass is 16.6. The van der Waals surface area contributed by atoms with Crippen molar-refractivity contribution in [2.45, 2.75) is 32.1 Å². The van der Waals surface area contributed by atoms with Gasteiger partial charge in [0.05, 0.1) is 0 Å². The molecule has 7 nitrogen and oxygen atoms in total. The number of amides is 1. The minimum Gasteiger partial charge on any atom is -0.482 e. The molecule has 27 heavy (non-hydrogen) atoms. The van der Waals surface area contributed by atoms with E-state index in [2.05, 4.69) is 15.4 Å². The molecule has 3 heterocycles. The fraction of sp³-hybridized carbons (Fsp3) is 0.250. The Morgan fingerprint density at radius 3 is 2.67 bits per heavy atom. The van der Waals surface area contributed by atoms with Crippen molar-refractivity contribution in [1.82, 2.24) is 14.8 Å². The van der Waals surface area contributed by atoms with Gasteiger partial charge in [0.25, 0.3) is 5.91 Å². The molecule has 0 radical (unpaired) electrons.